The SMILES string of the molecule is Cc1nn[nH]c1C(=O)c1cc2c(s1)-c1ccc(F)cc1N(C(=O)c1ccc(NC(=O)c3cccnc3N3CC4(CCOCC4)C3)cc1)CC2. The van der Waals surface area contributed by atoms with Crippen LogP contribution in [0.5, 0.6) is 0 Å². The standard InChI is InChI=1S/C36H32FN7O4S/c1-21-30(41-42-40-21)31(45)29-17-23-10-14-44(28-18-24(37)6-9-26(28)32(23)49-29)35(47)22-4-7-25(8-5-22)39-34(46)27-3-2-13-38-33(27)43-19-36(20-43)11-15-48-16-12-36/h2-9,13,17-18H,10-12,14-16,19-20H2,1H3,(H,39,46)(H,40,41,42). The predicted molar refractivity (Wildman–Crippen MR) is 183 cm³/mol. The molecule has 49 heavy (non-hydrogen) atoms. The van der Waals surface area contributed by atoms with Crippen LogP contribution < -0.4 is 15.1 Å². The molecule has 3 aliphatic heterocycles. The van der Waals surface area contributed by atoms with Crippen molar-refractivity contribution in [2.75, 3.05) is 48.0 Å². The number of hydrogen-bond acceptors (Lipinski definition) is 9. The van der Waals surface area contributed by atoms with Crippen molar-refractivity contribution in [1.29, 1.82) is 0 Å². The molecule has 2 amide bonds. The number of thiophene rings is 1. The summed E-state index contributed by atoms with van der Waals surface area (Å²) in [5.41, 5.74) is 4.48. The zero-order chi connectivity index (χ0) is 33.7. The number of aromatic nitrogens is 4. The number of nitrogens with one attached hydrogen (secondary N) is 2. The molecule has 0 radical (unpaired) electrons. The number of hydrogen-bond donors (Lipinski definition) is 2. The summed E-state index contributed by atoms with van der Waals surface area (Å²) in [6, 6.07) is 16.4. The zero-order valence-corrected chi connectivity index (χ0v) is 27.5. The molecule has 2 fully saturated rings. The van der Waals surface area contributed by atoms with E-state index in [9.17, 15) is 18.8 Å². The van der Waals surface area contributed by atoms with E-state index in [1.165, 1.54) is 23.5 Å². The predicted octanol–water partition coefficient (Wildman–Crippen LogP) is 5.68. The second-order valence-corrected chi connectivity index (χ2v) is 13.9. The smallest absolute Gasteiger partial charge is 0.259 e. The summed E-state index contributed by atoms with van der Waals surface area (Å²) in [6.07, 6.45) is 4.20. The summed E-state index contributed by atoms with van der Waals surface area (Å²) in [7, 11) is 0. The van der Waals surface area contributed by atoms with Gasteiger partial charge in [0, 0.05) is 66.2 Å². The molecule has 2 N–H and O–H groups in total. The van der Waals surface area contributed by atoms with Gasteiger partial charge < -0.3 is 19.9 Å². The molecule has 1 spiro atoms. The highest BCUT2D eigenvalue weighted by atomic mass is 32.1. The number of halogens is 1. The van der Waals surface area contributed by atoms with Crippen molar-refractivity contribution in [2.45, 2.75) is 26.2 Å². The van der Waals surface area contributed by atoms with Crippen molar-refractivity contribution in [3.8, 4) is 10.4 Å². The van der Waals surface area contributed by atoms with Gasteiger partial charge in [-0.25, -0.2) is 9.37 Å². The molecule has 0 bridgehead atoms. The Hall–Kier alpha value is -5.27. The number of aromatic amines is 1. The third kappa shape index (κ3) is 5.68. The van der Waals surface area contributed by atoms with Crippen LogP contribution in [0, 0.1) is 18.2 Å². The van der Waals surface area contributed by atoms with Gasteiger partial charge in [0.25, 0.3) is 11.8 Å². The normalized spacial score (nSPS) is 16.4. The number of aryl methyl sites for hydroxylation is 1. The first kappa shape index (κ1) is 31.0. The Labute approximate surface area is 285 Å². The number of H-pyrrole nitrogens is 1. The molecule has 2 aromatic carbocycles. The third-order valence-corrected chi connectivity index (χ3v) is 10.9. The molecule has 8 rings (SSSR count). The number of ether oxygens (including phenoxy) is 1. The fourth-order valence-corrected chi connectivity index (χ4v) is 8.16. The molecule has 2 saturated heterocycles. The molecule has 13 heteroatoms. The molecule has 3 aromatic heterocycles. The van der Waals surface area contributed by atoms with Gasteiger partial charge in [-0.2, -0.15) is 0 Å². The monoisotopic (exact) mass is 677 g/mol. The highest BCUT2D eigenvalue weighted by Gasteiger charge is 2.45. The first-order valence-electron chi connectivity index (χ1n) is 16.1. The summed E-state index contributed by atoms with van der Waals surface area (Å²) in [4.78, 5) is 50.1. The summed E-state index contributed by atoms with van der Waals surface area (Å²) < 4.78 is 20.2. The fourth-order valence-electron chi connectivity index (χ4n) is 6.97. The van der Waals surface area contributed by atoms with Crippen molar-refractivity contribution >= 4 is 46.1 Å². The Bertz CT molecular complexity index is 2100. The third-order valence-electron chi connectivity index (χ3n) is 9.66. The lowest BCUT2D eigenvalue weighted by Crippen LogP contribution is -2.59. The van der Waals surface area contributed by atoms with Crippen LogP contribution in [-0.2, 0) is 11.2 Å². The summed E-state index contributed by atoms with van der Waals surface area (Å²) in [5.74, 6) is -0.608. The van der Waals surface area contributed by atoms with Gasteiger partial charge in [0.1, 0.15) is 17.3 Å². The average Bonchev–Trinajstić information content (AvgIpc) is 3.70. The quantitative estimate of drug-likeness (QED) is 0.220. The molecule has 0 unspecified atom stereocenters. The molecule has 248 valence electrons. The van der Waals surface area contributed by atoms with Gasteiger partial charge in [0.15, 0.2) is 0 Å². The van der Waals surface area contributed by atoms with Crippen LogP contribution in [0.1, 0.15) is 60.2 Å². The van der Waals surface area contributed by atoms with Crippen LogP contribution in [0.4, 0.5) is 21.6 Å². The van der Waals surface area contributed by atoms with Crippen LogP contribution in [0.25, 0.3) is 10.4 Å². The number of fused-ring (bicyclic) bond motifs is 3. The van der Waals surface area contributed by atoms with Crippen LogP contribution in [0.2, 0.25) is 0 Å². The topological polar surface area (TPSA) is 133 Å². The first-order chi connectivity index (χ1) is 23.8. The van der Waals surface area contributed by atoms with Crippen molar-refractivity contribution < 1.29 is 23.5 Å². The van der Waals surface area contributed by atoms with Gasteiger partial charge in [0.2, 0.25) is 5.78 Å². The van der Waals surface area contributed by atoms with Gasteiger partial charge in [-0.15, -0.1) is 16.4 Å². The van der Waals surface area contributed by atoms with Gasteiger partial charge in [-0.05, 0) is 92.4 Å². The maximum absolute atomic E-state index is 14.7. The largest absolute Gasteiger partial charge is 0.381 e. The molecular weight excluding hydrogens is 646 g/mol. The summed E-state index contributed by atoms with van der Waals surface area (Å²) in [5, 5.41) is 13.2. The number of rotatable bonds is 6. The second kappa shape index (κ2) is 12.3. The minimum absolute atomic E-state index is 0.215. The lowest BCUT2D eigenvalue weighted by atomic mass is 9.73. The fraction of sp³-hybridized carbons (Fsp3) is 0.278. The lowest BCUT2D eigenvalue weighted by molar-refractivity contribution is -0.000510. The van der Waals surface area contributed by atoms with Gasteiger partial charge in [-0.1, -0.05) is 5.21 Å². The van der Waals surface area contributed by atoms with E-state index in [0.717, 1.165) is 49.6 Å². The Kier molecular flexibility index (Phi) is 7.80. The number of ketones is 1. The molecular formula is C36H32FN7O4S. The van der Waals surface area contributed by atoms with Gasteiger partial charge in [0.05, 0.1) is 21.8 Å². The molecule has 0 aliphatic carbocycles. The summed E-state index contributed by atoms with van der Waals surface area (Å²) in [6.45, 7) is 5.24. The molecule has 0 atom stereocenters. The Morgan fingerprint density at radius 3 is 2.59 bits per heavy atom. The Balaban J connectivity index is 0.996. The number of benzene rings is 2. The van der Waals surface area contributed by atoms with E-state index < -0.39 is 5.82 Å². The lowest BCUT2D eigenvalue weighted by Gasteiger charge is -2.53. The van der Waals surface area contributed by atoms with Gasteiger partial charge >= 0.3 is 0 Å². The second-order valence-electron chi connectivity index (χ2n) is 12.8. The number of carbonyl (C=O) groups is 3. The molecule has 3 aliphatic rings. The van der Waals surface area contributed by atoms with E-state index >= 15 is 0 Å². The molecule has 0 saturated carbocycles. The van der Waals surface area contributed by atoms with Crippen LogP contribution in [0.3, 0.4) is 0 Å². The summed E-state index contributed by atoms with van der Waals surface area (Å²) >= 11 is 1.30. The zero-order valence-electron chi connectivity index (χ0n) is 26.7. The minimum atomic E-state index is -0.471. The van der Waals surface area contributed by atoms with E-state index in [0.29, 0.717) is 56.6 Å². The molecule has 5 aromatic rings. The van der Waals surface area contributed by atoms with Crippen molar-refractivity contribution in [1.82, 2.24) is 20.4 Å². The Morgan fingerprint density at radius 2 is 1.84 bits per heavy atom. The molecule has 6 heterocycles. The van der Waals surface area contributed by atoms with E-state index in [1.54, 1.807) is 60.5 Å². The van der Waals surface area contributed by atoms with Crippen molar-refractivity contribution in [2.24, 2.45) is 5.41 Å². The first-order valence-corrected chi connectivity index (χ1v) is 17.0. The number of anilines is 3. The highest BCUT2D eigenvalue weighted by molar-refractivity contribution is 7.17. The van der Waals surface area contributed by atoms with Crippen molar-refractivity contribution in [3.05, 3.63) is 106 Å². The number of nitrogens with zero attached hydrogens (tertiary/aromatic N) is 5. The number of amides is 2. The molecule has 11 nitrogen and oxygen atoms in total. The maximum Gasteiger partial charge on any atom is 0.259 e. The highest BCUT2D eigenvalue weighted by Crippen LogP contribution is 2.44. The number of pyridine rings is 1. The van der Waals surface area contributed by atoms with E-state index in [2.05, 4.69) is 30.6 Å². The van der Waals surface area contributed by atoms with Crippen molar-refractivity contribution in [3.63, 3.8) is 0 Å². The van der Waals surface area contributed by atoms with Crippen LogP contribution >= 0.6 is 11.3 Å². The average molecular weight is 678 g/mol. The number of carbonyl (C=O) groups excluding carboxylic acids is 3. The van der Waals surface area contributed by atoms with Crippen LogP contribution in [-0.4, -0.2) is 70.8 Å². The van der Waals surface area contributed by atoms with E-state index in [4.69, 9.17) is 4.74 Å². The Morgan fingerprint density at radius 1 is 1.04 bits per heavy atom. The maximum atomic E-state index is 14.7. The van der Waals surface area contributed by atoms with Crippen LogP contribution in [0.15, 0.2) is 66.9 Å². The van der Waals surface area contributed by atoms with E-state index in [-0.39, 0.29) is 29.6 Å². The minimum Gasteiger partial charge on any atom is -0.381 e. The van der Waals surface area contributed by atoms with E-state index in [1.807, 2.05) is 6.07 Å². The van der Waals surface area contributed by atoms with Gasteiger partial charge in [-0.3, -0.25) is 19.5 Å².